The van der Waals surface area contributed by atoms with Crippen LogP contribution >= 0.6 is 35.1 Å². The van der Waals surface area contributed by atoms with E-state index in [1.165, 1.54) is 17.2 Å². The van der Waals surface area contributed by atoms with Gasteiger partial charge in [0.25, 0.3) is 15.6 Å². The Morgan fingerprint density at radius 2 is 1.87 bits per heavy atom. The number of nitrogens with zero attached hydrogens (tertiary/aromatic N) is 4. The van der Waals surface area contributed by atoms with Crippen LogP contribution in [0.5, 0.6) is 0 Å². The van der Waals surface area contributed by atoms with Crippen LogP contribution in [0, 0.1) is 0 Å². The highest BCUT2D eigenvalue weighted by Crippen LogP contribution is 2.60. The van der Waals surface area contributed by atoms with Crippen molar-refractivity contribution in [1.29, 1.82) is 0 Å². The third-order valence-corrected chi connectivity index (χ3v) is 7.57. The number of aliphatic hydroxyl groups excluding tert-OH is 1. The Morgan fingerprint density at radius 1 is 1.17 bits per heavy atom. The monoisotopic (exact) mass is 506 g/mol. The van der Waals surface area contributed by atoms with E-state index in [0.717, 1.165) is 0 Å². The summed E-state index contributed by atoms with van der Waals surface area (Å²) in [7, 11) is -17.9. The molecule has 1 aliphatic rings. The van der Waals surface area contributed by atoms with Crippen LogP contribution in [0.2, 0.25) is 5.15 Å². The van der Waals surface area contributed by atoms with Gasteiger partial charge in [0.2, 0.25) is 0 Å². The van der Waals surface area contributed by atoms with Crippen LogP contribution in [0.1, 0.15) is 12.6 Å². The first-order chi connectivity index (χ1) is 13.8. The lowest BCUT2D eigenvalue weighted by atomic mass is 10.2. The first-order valence-electron chi connectivity index (χ1n) is 7.64. The maximum absolute atomic E-state index is 11.6. The van der Waals surface area contributed by atoms with E-state index in [1.54, 1.807) is 0 Å². The average Bonchev–Trinajstić information content (AvgIpc) is 3.14. The molecule has 2 aromatic heterocycles. The topological polar surface area (TPSA) is 244 Å². The van der Waals surface area contributed by atoms with Crippen molar-refractivity contribution in [2.24, 2.45) is 0 Å². The summed E-state index contributed by atoms with van der Waals surface area (Å²) in [5.41, 5.74) is 0.533. The van der Waals surface area contributed by atoms with Crippen molar-refractivity contribution in [2.75, 3.05) is 6.61 Å². The van der Waals surface area contributed by atoms with Gasteiger partial charge in [0, 0.05) is 6.42 Å². The predicted molar refractivity (Wildman–Crippen MR) is 85.8 cm³/mol. The van der Waals surface area contributed by atoms with Gasteiger partial charge in [-0.1, -0.05) is 11.6 Å². The van der Waals surface area contributed by atoms with Crippen LogP contribution in [0.4, 0.5) is 0 Å². The molecule has 0 saturated carbocycles. The molecule has 0 bridgehead atoms. The Balaban J connectivity index is 1.64. The van der Waals surface area contributed by atoms with E-state index < -0.39 is 48.5 Å². The van der Waals surface area contributed by atoms with E-state index in [2.05, 4.69) is 28.1 Å². The molecule has 3 rings (SSSR count). The lowest BCUT2D eigenvalue weighted by molar-refractivity contribution is -0.339. The quantitative estimate of drug-likeness (QED) is 0.299. The molecule has 5 unspecified atom stereocenters. The molecular formula is C10H10ClN4O12P3-4. The highest BCUT2D eigenvalue weighted by Gasteiger charge is 2.37. The molecule has 2 aromatic rings. The van der Waals surface area contributed by atoms with E-state index in [1.807, 2.05) is 0 Å². The summed E-state index contributed by atoms with van der Waals surface area (Å²) in [6.07, 6.45) is -0.966. The van der Waals surface area contributed by atoms with Gasteiger partial charge in [-0.05, 0) is 0 Å². The summed E-state index contributed by atoms with van der Waals surface area (Å²) in [6.45, 7) is -0.909. The molecule has 1 aliphatic heterocycles. The molecule has 1 saturated heterocycles. The smallest absolute Gasteiger partial charge is 0.278 e. The van der Waals surface area contributed by atoms with Crippen molar-refractivity contribution in [1.82, 2.24) is 19.5 Å². The molecule has 0 amide bonds. The third kappa shape index (κ3) is 5.90. The second-order valence-electron chi connectivity index (χ2n) is 5.72. The van der Waals surface area contributed by atoms with Crippen LogP contribution in [-0.2, 0) is 31.6 Å². The van der Waals surface area contributed by atoms with Gasteiger partial charge in [-0.15, -0.1) is 0 Å². The zero-order chi connectivity index (χ0) is 22.3. The Labute approximate surface area is 171 Å². The van der Waals surface area contributed by atoms with Gasteiger partial charge >= 0.3 is 0 Å². The lowest BCUT2D eigenvalue weighted by Crippen LogP contribution is -2.27. The fourth-order valence-electron chi connectivity index (χ4n) is 2.52. The molecule has 16 nitrogen and oxygen atoms in total. The maximum Gasteiger partial charge on any atom is 0.278 e. The lowest BCUT2D eigenvalue weighted by Gasteiger charge is -2.37. The summed E-state index contributed by atoms with van der Waals surface area (Å²) < 4.78 is 50.6. The summed E-state index contributed by atoms with van der Waals surface area (Å²) in [5, 5.41) is 10.2. The minimum Gasteiger partial charge on any atom is -0.790 e. The number of aromatic nitrogens is 4. The molecule has 168 valence electrons. The standard InChI is InChI=1S/C10H14ClN4O12P3/c11-9-8-10(13-3-12-9)15(4-14-8)7-1-5(16)6(25-7)2-24-29(20,21)27-30(22,23)26-28(17,18)19/h3-7,16H,1-2H2,(H,20,21)(H,22,23)(H2,17,18,19)/p-4. The number of aliphatic hydroxyl groups is 1. The average molecular weight is 507 g/mol. The maximum atomic E-state index is 11.6. The van der Waals surface area contributed by atoms with Crippen molar-refractivity contribution in [2.45, 2.75) is 24.9 Å². The van der Waals surface area contributed by atoms with Gasteiger partial charge in [-0.3, -0.25) is 18.0 Å². The van der Waals surface area contributed by atoms with Gasteiger partial charge in [0.15, 0.2) is 10.8 Å². The number of imidazole rings is 1. The number of hydrogen-bond acceptors (Lipinski definition) is 15. The van der Waals surface area contributed by atoms with E-state index in [-0.39, 0.29) is 22.7 Å². The zero-order valence-corrected chi connectivity index (χ0v) is 17.7. The first kappa shape index (κ1) is 23.8. The van der Waals surface area contributed by atoms with Crippen molar-refractivity contribution in [3.63, 3.8) is 0 Å². The number of ether oxygens (including phenoxy) is 1. The molecule has 3 heterocycles. The first-order valence-corrected chi connectivity index (χ1v) is 12.4. The number of hydrogen-bond donors (Lipinski definition) is 1. The molecule has 1 fully saturated rings. The Bertz CT molecular complexity index is 1080. The normalized spacial score (nSPS) is 26.5. The molecule has 0 aliphatic carbocycles. The minimum atomic E-state index is -6.09. The van der Waals surface area contributed by atoms with Crippen molar-refractivity contribution < 1.29 is 56.3 Å². The summed E-state index contributed by atoms with van der Waals surface area (Å²) in [5.74, 6) is 0. The molecule has 0 aromatic carbocycles. The summed E-state index contributed by atoms with van der Waals surface area (Å²) in [4.78, 5) is 55.1. The van der Waals surface area contributed by atoms with Crippen molar-refractivity contribution in [3.05, 3.63) is 17.8 Å². The van der Waals surface area contributed by atoms with Crippen LogP contribution in [0.3, 0.4) is 0 Å². The second-order valence-corrected chi connectivity index (χ2v) is 10.3. The van der Waals surface area contributed by atoms with Gasteiger partial charge < -0.3 is 38.5 Å². The fraction of sp³-hybridized carbons (Fsp3) is 0.500. The Hall–Kier alpha value is -0.830. The largest absolute Gasteiger partial charge is 0.790 e. The Morgan fingerprint density at radius 3 is 2.53 bits per heavy atom. The van der Waals surface area contributed by atoms with Gasteiger partial charge in [-0.25, -0.2) is 19.3 Å². The number of halogens is 1. The molecule has 0 spiro atoms. The van der Waals surface area contributed by atoms with Gasteiger partial charge in [0.1, 0.15) is 24.2 Å². The van der Waals surface area contributed by atoms with Crippen molar-refractivity contribution >= 4 is 46.2 Å². The summed E-state index contributed by atoms with van der Waals surface area (Å²) in [6, 6.07) is 0. The number of phosphoric ester groups is 1. The second kappa shape index (κ2) is 8.60. The third-order valence-electron chi connectivity index (χ3n) is 3.63. The molecule has 30 heavy (non-hydrogen) atoms. The molecule has 0 radical (unpaired) electrons. The highest BCUT2D eigenvalue weighted by molar-refractivity contribution is 7.64. The SMILES string of the molecule is O=P([O-])([O-])OP(=O)([O-])OP(=O)([O-])OCC1OC(n2cnc3c(Cl)ncnc32)CC1O. The van der Waals surface area contributed by atoms with Crippen LogP contribution in [-0.4, -0.2) is 43.4 Å². The van der Waals surface area contributed by atoms with Crippen LogP contribution in [0.25, 0.3) is 11.2 Å². The van der Waals surface area contributed by atoms with E-state index >= 15 is 0 Å². The van der Waals surface area contributed by atoms with E-state index in [0.29, 0.717) is 0 Å². The zero-order valence-electron chi connectivity index (χ0n) is 14.2. The Kier molecular flexibility index (Phi) is 6.83. The van der Waals surface area contributed by atoms with E-state index in [9.17, 15) is 38.4 Å². The van der Waals surface area contributed by atoms with Gasteiger partial charge in [0.05, 0.1) is 26.9 Å². The minimum absolute atomic E-state index is 0.0518. The number of phosphoric acid groups is 3. The number of rotatable bonds is 8. The number of fused-ring (bicyclic) bond motifs is 1. The molecule has 20 heteroatoms. The van der Waals surface area contributed by atoms with Crippen molar-refractivity contribution in [3.8, 4) is 0 Å². The highest BCUT2D eigenvalue weighted by atomic mass is 35.5. The molecule has 5 atom stereocenters. The van der Waals surface area contributed by atoms with E-state index in [4.69, 9.17) is 16.3 Å². The van der Waals surface area contributed by atoms with Gasteiger partial charge in [-0.2, -0.15) is 0 Å². The van der Waals surface area contributed by atoms with Crippen LogP contribution in [0.15, 0.2) is 12.7 Å². The molecule has 1 N–H and O–H groups in total. The fourth-order valence-corrected chi connectivity index (χ4v) is 5.56. The van der Waals surface area contributed by atoms with Crippen LogP contribution < -0.4 is 19.6 Å². The molecular weight excluding hydrogens is 497 g/mol. The summed E-state index contributed by atoms with van der Waals surface area (Å²) >= 11 is 5.90. The predicted octanol–water partition coefficient (Wildman–Crippen LogP) is -2.06.